The molecule has 1 aliphatic carbocycles. The average molecular weight is 500 g/mol. The lowest BCUT2D eigenvalue weighted by atomic mass is 10.1. The van der Waals surface area contributed by atoms with Crippen LogP contribution in [0.4, 0.5) is 14.5 Å². The van der Waals surface area contributed by atoms with Crippen molar-refractivity contribution < 1.29 is 17.2 Å². The van der Waals surface area contributed by atoms with Crippen molar-refractivity contribution in [2.75, 3.05) is 24.5 Å². The van der Waals surface area contributed by atoms with Crippen molar-refractivity contribution in [3.63, 3.8) is 0 Å². The first-order valence-electron chi connectivity index (χ1n) is 12.0. The fourth-order valence-corrected chi connectivity index (χ4v) is 7.91. The Kier molecular flexibility index (Phi) is 5.60. The van der Waals surface area contributed by atoms with Gasteiger partial charge in [0, 0.05) is 55.7 Å². The monoisotopic (exact) mass is 499 g/mol. The number of hydrogen-bond acceptors (Lipinski definition) is 5. The lowest BCUT2D eigenvalue weighted by molar-refractivity contribution is 0.397. The van der Waals surface area contributed by atoms with Crippen LogP contribution in [-0.4, -0.2) is 47.1 Å². The van der Waals surface area contributed by atoms with E-state index >= 15 is 8.78 Å². The molecule has 3 aliphatic rings. The molecule has 2 aliphatic heterocycles. The maximum absolute atomic E-state index is 15.2. The molecule has 7 nitrogen and oxygen atoms in total. The minimum atomic E-state index is -3.72. The Hall–Kier alpha value is -2.85. The fourth-order valence-electron chi connectivity index (χ4n) is 5.88. The number of benzene rings is 2. The first kappa shape index (κ1) is 22.6. The van der Waals surface area contributed by atoms with Crippen molar-refractivity contribution in [1.82, 2.24) is 19.1 Å². The molecule has 184 valence electrons. The van der Waals surface area contributed by atoms with E-state index in [0.717, 1.165) is 12.0 Å². The van der Waals surface area contributed by atoms with Gasteiger partial charge in [-0.2, -0.15) is 4.31 Å². The first-order chi connectivity index (χ1) is 16.9. The molecule has 10 heteroatoms. The van der Waals surface area contributed by atoms with Crippen molar-refractivity contribution in [2.45, 2.75) is 37.1 Å². The van der Waals surface area contributed by atoms with Gasteiger partial charge in [-0.05, 0) is 24.5 Å². The van der Waals surface area contributed by atoms with Crippen LogP contribution in [-0.2, 0) is 16.6 Å². The van der Waals surface area contributed by atoms with E-state index in [1.807, 2.05) is 39.8 Å². The molecule has 3 fully saturated rings. The SMILES string of the molecule is O=S1(=O)[C@@H](c2ccccc2)CCCCN1Cc1cc(F)c(N2C[C@@H]3[C@H](C2)[C@H]3n2cnnc2)cc1F. The molecule has 3 aromatic rings. The molecule has 0 N–H and O–H groups in total. The lowest BCUT2D eigenvalue weighted by Gasteiger charge is -2.26. The molecule has 1 saturated carbocycles. The lowest BCUT2D eigenvalue weighted by Crippen LogP contribution is -2.34. The number of nitrogens with zero attached hydrogens (tertiary/aromatic N) is 5. The largest absolute Gasteiger partial charge is 0.368 e. The van der Waals surface area contributed by atoms with Gasteiger partial charge in [0.25, 0.3) is 0 Å². The van der Waals surface area contributed by atoms with Crippen LogP contribution in [0.15, 0.2) is 55.1 Å². The van der Waals surface area contributed by atoms with Crippen molar-refractivity contribution in [1.29, 1.82) is 0 Å². The third kappa shape index (κ3) is 4.02. The molecule has 0 unspecified atom stereocenters. The van der Waals surface area contributed by atoms with Crippen LogP contribution in [0.1, 0.15) is 41.7 Å². The van der Waals surface area contributed by atoms with E-state index in [0.29, 0.717) is 50.4 Å². The van der Waals surface area contributed by atoms with Crippen molar-refractivity contribution in [3.8, 4) is 0 Å². The van der Waals surface area contributed by atoms with E-state index in [9.17, 15) is 8.42 Å². The zero-order valence-electron chi connectivity index (χ0n) is 19.2. The Balaban J connectivity index is 1.20. The summed E-state index contributed by atoms with van der Waals surface area (Å²) in [5, 5.41) is 7.03. The van der Waals surface area contributed by atoms with Crippen molar-refractivity contribution in [3.05, 3.63) is 77.9 Å². The van der Waals surface area contributed by atoms with Crippen LogP contribution in [0.25, 0.3) is 0 Å². The van der Waals surface area contributed by atoms with E-state index in [2.05, 4.69) is 10.2 Å². The van der Waals surface area contributed by atoms with Gasteiger partial charge in [-0.25, -0.2) is 17.2 Å². The maximum Gasteiger partial charge on any atom is 0.221 e. The first-order valence-corrected chi connectivity index (χ1v) is 13.5. The number of halogens is 2. The van der Waals surface area contributed by atoms with E-state index in [4.69, 9.17) is 0 Å². The highest BCUT2D eigenvalue weighted by molar-refractivity contribution is 7.89. The molecular formula is C25H27F2N5O2S. The summed E-state index contributed by atoms with van der Waals surface area (Å²) < 4.78 is 60.6. The minimum Gasteiger partial charge on any atom is -0.368 e. The van der Waals surface area contributed by atoms with Crippen LogP contribution in [0, 0.1) is 23.5 Å². The number of anilines is 1. The summed E-state index contributed by atoms with van der Waals surface area (Å²) in [6, 6.07) is 11.8. The van der Waals surface area contributed by atoms with Gasteiger partial charge in [0.05, 0.1) is 5.69 Å². The molecule has 0 spiro atoms. The van der Waals surface area contributed by atoms with Crippen molar-refractivity contribution in [2.24, 2.45) is 11.8 Å². The highest BCUT2D eigenvalue weighted by Gasteiger charge is 2.57. The summed E-state index contributed by atoms with van der Waals surface area (Å²) in [4.78, 5) is 1.88. The van der Waals surface area contributed by atoms with Crippen LogP contribution in [0.2, 0.25) is 0 Å². The molecule has 0 amide bonds. The Labute approximate surface area is 203 Å². The molecule has 0 radical (unpaired) electrons. The second-order valence-corrected chi connectivity index (χ2v) is 11.9. The molecule has 4 atom stereocenters. The molecule has 3 heterocycles. The second-order valence-electron chi connectivity index (χ2n) is 9.80. The van der Waals surface area contributed by atoms with Crippen LogP contribution in [0.5, 0.6) is 0 Å². The maximum atomic E-state index is 15.2. The van der Waals surface area contributed by atoms with E-state index in [1.54, 1.807) is 12.7 Å². The zero-order chi connectivity index (χ0) is 24.2. The fraction of sp³-hybridized carbons (Fsp3) is 0.440. The van der Waals surface area contributed by atoms with Gasteiger partial charge in [-0.15, -0.1) is 10.2 Å². The van der Waals surface area contributed by atoms with E-state index in [1.165, 1.54) is 16.4 Å². The highest BCUT2D eigenvalue weighted by atomic mass is 32.2. The van der Waals surface area contributed by atoms with Crippen LogP contribution < -0.4 is 4.90 Å². The molecule has 1 aromatic heterocycles. The summed E-state index contributed by atoms with van der Waals surface area (Å²) in [5.74, 6) is -0.362. The molecule has 0 bridgehead atoms. The third-order valence-electron chi connectivity index (χ3n) is 7.75. The Morgan fingerprint density at radius 3 is 2.37 bits per heavy atom. The summed E-state index contributed by atoms with van der Waals surface area (Å²) in [6.45, 7) is 1.41. The molecule has 2 saturated heterocycles. The Morgan fingerprint density at radius 2 is 1.66 bits per heavy atom. The van der Waals surface area contributed by atoms with Gasteiger partial charge in [-0.3, -0.25) is 0 Å². The van der Waals surface area contributed by atoms with Gasteiger partial charge in [0.1, 0.15) is 29.5 Å². The standard InChI is InChI=1S/C25H27F2N5O2S/c26-21-11-23(30-13-19-20(14-30)25(19)31-15-28-29-16-31)22(27)10-18(21)12-32-9-5-4-8-24(35(32,33)34)17-6-2-1-3-7-17/h1-3,6-7,10-11,15-16,19-20,24-25H,4-5,8-9,12-14H2/t19-,20+,24-,25+/m1/s1. The third-order valence-corrected chi connectivity index (χ3v) is 10.0. The minimum absolute atomic E-state index is 0.0651. The highest BCUT2D eigenvalue weighted by Crippen LogP contribution is 2.56. The van der Waals surface area contributed by atoms with Crippen molar-refractivity contribution >= 4 is 15.7 Å². The average Bonchev–Trinajstić information content (AvgIpc) is 3.19. The Morgan fingerprint density at radius 1 is 0.943 bits per heavy atom. The quantitative estimate of drug-likeness (QED) is 0.532. The van der Waals surface area contributed by atoms with Gasteiger partial charge in [-0.1, -0.05) is 36.8 Å². The molecule has 2 aromatic carbocycles. The van der Waals surface area contributed by atoms with Gasteiger partial charge in [0.2, 0.25) is 10.0 Å². The summed E-state index contributed by atoms with van der Waals surface area (Å²) >= 11 is 0. The van der Waals surface area contributed by atoms with E-state index < -0.39 is 26.9 Å². The number of aromatic nitrogens is 3. The summed E-state index contributed by atoms with van der Waals surface area (Å²) in [7, 11) is -3.72. The van der Waals surface area contributed by atoms with Crippen LogP contribution >= 0.6 is 0 Å². The van der Waals surface area contributed by atoms with E-state index in [-0.39, 0.29) is 17.8 Å². The zero-order valence-corrected chi connectivity index (χ0v) is 20.0. The number of rotatable bonds is 5. The van der Waals surface area contributed by atoms with Gasteiger partial charge < -0.3 is 9.47 Å². The Bertz CT molecular complexity index is 1310. The number of piperidine rings is 1. The topological polar surface area (TPSA) is 71.3 Å². The second kappa shape index (κ2) is 8.67. The summed E-state index contributed by atoms with van der Waals surface area (Å²) in [5.41, 5.74) is 1.04. The molecular weight excluding hydrogens is 472 g/mol. The normalized spacial score (nSPS) is 28.0. The van der Waals surface area contributed by atoms with Crippen LogP contribution in [0.3, 0.4) is 0 Å². The number of fused-ring (bicyclic) bond motifs is 1. The molecule has 6 rings (SSSR count). The van der Waals surface area contributed by atoms with Gasteiger partial charge >= 0.3 is 0 Å². The van der Waals surface area contributed by atoms with Gasteiger partial charge in [0.15, 0.2) is 0 Å². The molecule has 35 heavy (non-hydrogen) atoms. The number of hydrogen-bond donors (Lipinski definition) is 0. The predicted molar refractivity (Wildman–Crippen MR) is 127 cm³/mol. The summed E-state index contributed by atoms with van der Waals surface area (Å²) in [6.07, 6.45) is 5.36. The number of sulfonamides is 1. The smallest absolute Gasteiger partial charge is 0.221 e. The predicted octanol–water partition coefficient (Wildman–Crippen LogP) is 3.92.